The summed E-state index contributed by atoms with van der Waals surface area (Å²) in [6, 6.07) is 0.505. The summed E-state index contributed by atoms with van der Waals surface area (Å²) < 4.78 is 5.62. The molecule has 0 unspecified atom stereocenters. The number of hydrogen-bond acceptors (Lipinski definition) is 1. The fraction of sp³-hybridized carbons (Fsp3) is 1.00. The summed E-state index contributed by atoms with van der Waals surface area (Å²) in [4.78, 5) is 0. The van der Waals surface area contributed by atoms with Crippen molar-refractivity contribution in [2.24, 2.45) is 0 Å². The maximum Gasteiger partial charge on any atom is 0.139 e. The Bertz CT molecular complexity index is 98.2. The van der Waals surface area contributed by atoms with Crippen molar-refractivity contribution in [1.29, 1.82) is 0 Å². The summed E-state index contributed by atoms with van der Waals surface area (Å²) in [5, 5.41) is 0. The van der Waals surface area contributed by atoms with Crippen LogP contribution in [0.3, 0.4) is 0 Å². The van der Waals surface area contributed by atoms with Gasteiger partial charge in [0.25, 0.3) is 0 Å². The molecular weight excluding hydrogens is 108 g/mol. The number of ether oxygens (including phenoxy) is 1. The summed E-state index contributed by atoms with van der Waals surface area (Å²) >= 11 is 0. The summed E-state index contributed by atoms with van der Waals surface area (Å²) in [5.74, 6) is 0.782. The van der Waals surface area contributed by atoms with Gasteiger partial charge in [-0.1, -0.05) is 6.32 Å². The van der Waals surface area contributed by atoms with Gasteiger partial charge < -0.3 is 4.74 Å². The number of rotatable bonds is 1. The minimum absolute atomic E-state index is 0.505. The predicted molar refractivity (Wildman–Crippen MR) is 47.5 cm³/mol. The molecule has 48 valence electrons. The molecule has 0 spiro atoms. The predicted octanol–water partition coefficient (Wildman–Crippen LogP) is -1.79. The van der Waals surface area contributed by atoms with Crippen LogP contribution in [0.4, 0.5) is 0 Å². The van der Waals surface area contributed by atoms with E-state index in [0.717, 1.165) is 5.82 Å². The summed E-state index contributed by atoms with van der Waals surface area (Å²) in [7, 11) is 6.63. The molecule has 0 aliphatic carbocycles. The lowest BCUT2D eigenvalue weighted by Crippen LogP contribution is -2.11. The van der Waals surface area contributed by atoms with Gasteiger partial charge in [0, 0.05) is 12.1 Å². The second kappa shape index (κ2) is 2.83. The van der Waals surface area contributed by atoms with Crippen LogP contribution in [0.2, 0.25) is 12.1 Å². The van der Waals surface area contributed by atoms with Crippen LogP contribution < -0.4 is 0 Å². The molecule has 0 aromatic heterocycles. The summed E-state index contributed by atoms with van der Waals surface area (Å²) in [6.07, 6.45) is 2.96. The van der Waals surface area contributed by atoms with Gasteiger partial charge in [-0.05, 0) is 12.2 Å². The fourth-order valence-corrected chi connectivity index (χ4v) is 1.66. The van der Waals surface area contributed by atoms with Crippen LogP contribution in [0.1, 0.15) is 6.42 Å². The monoisotopic (exact) mass is 122 g/mol. The largest absolute Gasteiger partial charge is 0.385 e. The van der Waals surface area contributed by atoms with E-state index in [1.807, 2.05) is 0 Å². The van der Waals surface area contributed by atoms with Gasteiger partial charge in [0.05, 0.1) is 0 Å². The zero-order chi connectivity index (χ0) is 6.85. The van der Waals surface area contributed by atoms with Gasteiger partial charge in [0.15, 0.2) is 0 Å². The molecule has 0 aromatic rings. The molecule has 9 heavy (non-hydrogen) atoms. The van der Waals surface area contributed by atoms with Gasteiger partial charge in [0.2, 0.25) is 0 Å². The van der Waals surface area contributed by atoms with Gasteiger partial charge in [0.1, 0.15) is 23.5 Å². The Labute approximate surface area is 59.8 Å². The third-order valence-electron chi connectivity index (χ3n) is 2.15. The van der Waals surface area contributed by atoms with Crippen molar-refractivity contribution < 1.29 is 4.74 Å². The SMILES string of the molecule is BC[C@H]1O[C@H](B)C[C@@H]1B. The Morgan fingerprint density at radius 2 is 2.11 bits per heavy atom. The van der Waals surface area contributed by atoms with Crippen LogP contribution in [0.5, 0.6) is 0 Å². The van der Waals surface area contributed by atoms with Crippen molar-refractivity contribution in [2.45, 2.75) is 30.7 Å². The van der Waals surface area contributed by atoms with Crippen molar-refractivity contribution in [3.05, 3.63) is 0 Å². The van der Waals surface area contributed by atoms with E-state index in [9.17, 15) is 0 Å². The van der Waals surface area contributed by atoms with Crippen molar-refractivity contribution in [3.63, 3.8) is 0 Å². The molecule has 1 aliphatic heterocycles. The van der Waals surface area contributed by atoms with E-state index >= 15 is 0 Å². The first-order valence-electron chi connectivity index (χ1n) is 3.89. The van der Waals surface area contributed by atoms with E-state index in [1.165, 1.54) is 12.7 Å². The topological polar surface area (TPSA) is 9.23 Å². The molecule has 1 rings (SSSR count). The average Bonchev–Trinajstić information content (AvgIpc) is 2.10. The summed E-state index contributed by atoms with van der Waals surface area (Å²) in [6.45, 7) is 0. The maximum atomic E-state index is 5.62. The minimum Gasteiger partial charge on any atom is -0.385 e. The highest BCUT2D eigenvalue weighted by molar-refractivity contribution is 6.16. The first-order valence-corrected chi connectivity index (χ1v) is 3.89. The smallest absolute Gasteiger partial charge is 0.139 e. The maximum absolute atomic E-state index is 5.62. The van der Waals surface area contributed by atoms with Gasteiger partial charge in [-0.2, -0.15) is 0 Å². The first kappa shape index (κ1) is 7.26. The Kier molecular flexibility index (Phi) is 2.28. The van der Waals surface area contributed by atoms with Crippen molar-refractivity contribution >= 4 is 23.5 Å². The molecule has 1 fully saturated rings. The number of hydrogen-bond donors (Lipinski definition) is 0. The van der Waals surface area contributed by atoms with Crippen molar-refractivity contribution in [3.8, 4) is 0 Å². The molecule has 3 atom stereocenters. The lowest BCUT2D eigenvalue weighted by atomic mass is 9.75. The van der Waals surface area contributed by atoms with Gasteiger partial charge in [-0.3, -0.25) is 0 Å². The molecule has 4 heteroatoms. The van der Waals surface area contributed by atoms with E-state index in [0.29, 0.717) is 12.1 Å². The lowest BCUT2D eigenvalue weighted by Gasteiger charge is -2.10. The van der Waals surface area contributed by atoms with Gasteiger partial charge in [-0.15, -0.1) is 0 Å². The third kappa shape index (κ3) is 1.54. The van der Waals surface area contributed by atoms with E-state index in [-0.39, 0.29) is 0 Å². The highest BCUT2D eigenvalue weighted by Crippen LogP contribution is 2.28. The lowest BCUT2D eigenvalue weighted by molar-refractivity contribution is 0.102. The Morgan fingerprint density at radius 3 is 2.33 bits per heavy atom. The van der Waals surface area contributed by atoms with Gasteiger partial charge >= 0.3 is 0 Å². The fourth-order valence-electron chi connectivity index (χ4n) is 1.66. The Balaban J connectivity index is 2.38. The van der Waals surface area contributed by atoms with Gasteiger partial charge in [-0.25, -0.2) is 0 Å². The van der Waals surface area contributed by atoms with Crippen LogP contribution in [-0.4, -0.2) is 35.6 Å². The van der Waals surface area contributed by atoms with E-state index in [1.54, 1.807) is 0 Å². The second-order valence-electron chi connectivity index (χ2n) is 3.11. The minimum atomic E-state index is 0.505. The first-order chi connectivity index (χ1) is 4.24. The zero-order valence-electron chi connectivity index (χ0n) is 6.55. The molecule has 1 saturated heterocycles. The molecule has 0 saturated carbocycles. The standard InChI is InChI=1S/C5H13B3O/c6-2-4-3(7)1-5(8)9-4/h3-5H,1-2,6-8H2/t3-,4+,5-/m0/s1. The van der Waals surface area contributed by atoms with Crippen LogP contribution >= 0.6 is 0 Å². The quantitative estimate of drug-likeness (QED) is 0.373. The zero-order valence-corrected chi connectivity index (χ0v) is 6.55. The summed E-state index contributed by atoms with van der Waals surface area (Å²) in [5.41, 5.74) is 0. The highest BCUT2D eigenvalue weighted by atomic mass is 16.5. The molecule has 0 N–H and O–H groups in total. The molecule has 0 bridgehead atoms. The van der Waals surface area contributed by atoms with E-state index < -0.39 is 0 Å². The molecule has 0 amide bonds. The van der Waals surface area contributed by atoms with Crippen molar-refractivity contribution in [1.82, 2.24) is 0 Å². The van der Waals surface area contributed by atoms with Crippen LogP contribution in [0.25, 0.3) is 0 Å². The Morgan fingerprint density at radius 1 is 1.44 bits per heavy atom. The van der Waals surface area contributed by atoms with Crippen LogP contribution in [0, 0.1) is 0 Å². The molecule has 1 aliphatic rings. The van der Waals surface area contributed by atoms with Crippen LogP contribution in [-0.2, 0) is 4.74 Å². The molecule has 0 aromatic carbocycles. The second-order valence-corrected chi connectivity index (χ2v) is 3.11. The average molecular weight is 122 g/mol. The van der Waals surface area contributed by atoms with Crippen molar-refractivity contribution in [2.75, 3.05) is 0 Å². The molecular formula is C5H13B3O. The van der Waals surface area contributed by atoms with E-state index in [4.69, 9.17) is 4.74 Å². The third-order valence-corrected chi connectivity index (χ3v) is 2.15. The molecule has 1 heterocycles. The Hall–Kier alpha value is 0.155. The van der Waals surface area contributed by atoms with E-state index in [2.05, 4.69) is 23.5 Å². The van der Waals surface area contributed by atoms with Crippen LogP contribution in [0.15, 0.2) is 0 Å². The molecule has 0 radical (unpaired) electrons. The molecule has 1 nitrogen and oxygen atoms in total. The highest BCUT2D eigenvalue weighted by Gasteiger charge is 2.26. The normalized spacial score (nSPS) is 43.3.